The molecule has 0 aliphatic heterocycles. The minimum absolute atomic E-state index is 0.393. The summed E-state index contributed by atoms with van der Waals surface area (Å²) in [4.78, 5) is 24.1. The van der Waals surface area contributed by atoms with Crippen LogP contribution < -0.4 is 16.0 Å². The Morgan fingerprint density at radius 3 is 2.14 bits per heavy atom. The van der Waals surface area contributed by atoms with Crippen LogP contribution in [0.4, 0.5) is 26.7 Å². The van der Waals surface area contributed by atoms with E-state index >= 15 is 0 Å². The Balaban J connectivity index is 1.99. The Hall–Kier alpha value is -1.67. The third-order valence-electron chi connectivity index (χ3n) is 3.47. The van der Waals surface area contributed by atoms with Gasteiger partial charge in [0, 0.05) is 21.5 Å². The van der Waals surface area contributed by atoms with E-state index in [9.17, 15) is 9.59 Å². The topological polar surface area (TPSA) is 79.5 Å². The van der Waals surface area contributed by atoms with E-state index < -0.39 is 22.5 Å². The van der Waals surface area contributed by atoms with Gasteiger partial charge in [0.1, 0.15) is 6.61 Å². The number of carbonyl (C=O) groups excluding carboxylic acids is 2. The molecule has 0 saturated heterocycles. The average Bonchev–Trinajstić information content (AvgIpc) is 2.56. The summed E-state index contributed by atoms with van der Waals surface area (Å²) in [7, 11) is 0. The first-order valence-corrected chi connectivity index (χ1v) is 9.91. The highest BCUT2D eigenvalue weighted by Crippen LogP contribution is 2.27. The summed E-state index contributed by atoms with van der Waals surface area (Å²) in [5, 5.41) is 8.02. The van der Waals surface area contributed by atoms with Crippen molar-refractivity contribution in [1.29, 1.82) is 0 Å². The molecule has 0 bridgehead atoms. The quantitative estimate of drug-likeness (QED) is 0.405. The Kier molecular flexibility index (Phi) is 7.83. The maximum absolute atomic E-state index is 12.3. The van der Waals surface area contributed by atoms with Crippen molar-refractivity contribution in [2.75, 3.05) is 22.6 Å². The van der Waals surface area contributed by atoms with E-state index in [1.165, 1.54) is 0 Å². The number of halogens is 4. The third-order valence-corrected chi connectivity index (χ3v) is 4.25. The van der Waals surface area contributed by atoms with Crippen molar-refractivity contribution in [2.45, 2.75) is 17.6 Å². The van der Waals surface area contributed by atoms with Crippen LogP contribution >= 0.6 is 50.7 Å². The van der Waals surface area contributed by atoms with Gasteiger partial charge in [0.25, 0.3) is 0 Å². The smallest absolute Gasteiger partial charge is 0.411 e. The van der Waals surface area contributed by atoms with Crippen molar-refractivity contribution in [2.24, 2.45) is 0 Å². The van der Waals surface area contributed by atoms with Gasteiger partial charge in [-0.3, -0.25) is 5.32 Å². The predicted octanol–water partition coefficient (Wildman–Crippen LogP) is 6.63. The molecule has 6 nitrogen and oxygen atoms in total. The molecule has 28 heavy (non-hydrogen) atoms. The lowest BCUT2D eigenvalue weighted by molar-refractivity contribution is 0.164. The van der Waals surface area contributed by atoms with Crippen LogP contribution in [0, 0.1) is 13.8 Å². The summed E-state index contributed by atoms with van der Waals surface area (Å²) in [5.74, 6) is 0. The largest absolute Gasteiger partial charge is 0.445 e. The summed E-state index contributed by atoms with van der Waals surface area (Å²) >= 11 is 20.0. The highest BCUT2D eigenvalue weighted by atomic mass is 79.9. The molecule has 2 aromatic carbocycles. The molecule has 3 amide bonds. The number of urea groups is 1. The van der Waals surface area contributed by atoms with E-state index in [2.05, 4.69) is 31.9 Å². The molecule has 0 spiro atoms. The molecule has 0 aromatic heterocycles. The molecule has 2 aromatic rings. The lowest BCUT2D eigenvalue weighted by Crippen LogP contribution is -2.22. The normalized spacial score (nSPS) is 10.9. The van der Waals surface area contributed by atoms with Crippen LogP contribution in [-0.4, -0.2) is 22.5 Å². The van der Waals surface area contributed by atoms with Gasteiger partial charge < -0.3 is 15.4 Å². The van der Waals surface area contributed by atoms with E-state index in [0.29, 0.717) is 11.4 Å². The van der Waals surface area contributed by atoms with Crippen LogP contribution in [0.1, 0.15) is 11.1 Å². The first kappa shape index (κ1) is 22.6. The Morgan fingerprint density at radius 2 is 1.57 bits per heavy atom. The number of benzene rings is 2. The molecule has 150 valence electrons. The molecule has 0 fully saturated rings. The summed E-state index contributed by atoms with van der Waals surface area (Å²) in [6.07, 6.45) is -0.783. The minimum atomic E-state index is -1.69. The number of nitrogens with one attached hydrogen (secondary N) is 3. The Labute approximate surface area is 186 Å². The lowest BCUT2D eigenvalue weighted by Gasteiger charge is -2.14. The van der Waals surface area contributed by atoms with Crippen molar-refractivity contribution in [3.05, 3.63) is 52.0 Å². The minimum Gasteiger partial charge on any atom is -0.445 e. The van der Waals surface area contributed by atoms with Crippen molar-refractivity contribution >= 4 is 79.9 Å². The first-order valence-electron chi connectivity index (χ1n) is 7.99. The van der Waals surface area contributed by atoms with Crippen LogP contribution in [0.25, 0.3) is 0 Å². The molecule has 10 heteroatoms. The van der Waals surface area contributed by atoms with Gasteiger partial charge in [-0.05, 0) is 55.3 Å². The van der Waals surface area contributed by atoms with E-state index in [0.717, 1.165) is 21.3 Å². The van der Waals surface area contributed by atoms with Crippen LogP contribution in [0.2, 0.25) is 0 Å². The van der Waals surface area contributed by atoms with Crippen molar-refractivity contribution in [1.82, 2.24) is 0 Å². The zero-order valence-electron chi connectivity index (χ0n) is 14.9. The molecule has 3 N–H and O–H groups in total. The molecule has 0 saturated carbocycles. The van der Waals surface area contributed by atoms with Crippen molar-refractivity contribution in [3.8, 4) is 0 Å². The predicted molar refractivity (Wildman–Crippen MR) is 118 cm³/mol. The zero-order valence-corrected chi connectivity index (χ0v) is 18.8. The van der Waals surface area contributed by atoms with Crippen LogP contribution in [0.5, 0.6) is 0 Å². The van der Waals surface area contributed by atoms with Gasteiger partial charge >= 0.3 is 12.1 Å². The average molecular weight is 510 g/mol. The lowest BCUT2D eigenvalue weighted by atomic mass is 10.1. The Bertz CT molecular complexity index is 865. The number of carbonyl (C=O) groups is 2. The molecule has 0 unspecified atom stereocenters. The van der Waals surface area contributed by atoms with E-state index in [1.54, 1.807) is 24.3 Å². The van der Waals surface area contributed by atoms with Crippen LogP contribution in [0.15, 0.2) is 40.9 Å². The maximum atomic E-state index is 12.3. The standard InChI is InChI=1S/C18H17BrCl3N3O3/c1-10-6-12(19)7-11(2)15(10)25-16(26)23-13-4-3-5-14(8-13)24-17(27)28-9-18(20,21)22/h3-8H,9H2,1-2H3,(H,24,27)(H2,23,25,26). The highest BCUT2D eigenvalue weighted by molar-refractivity contribution is 9.10. The summed E-state index contributed by atoms with van der Waals surface area (Å²) in [6.45, 7) is 3.41. The van der Waals surface area contributed by atoms with Gasteiger partial charge in [0.2, 0.25) is 3.79 Å². The number of hydrogen-bond acceptors (Lipinski definition) is 3. The second kappa shape index (κ2) is 9.69. The number of anilines is 3. The number of hydrogen-bond donors (Lipinski definition) is 3. The van der Waals surface area contributed by atoms with Crippen LogP contribution in [0.3, 0.4) is 0 Å². The second-order valence-corrected chi connectivity index (χ2v) is 9.32. The van der Waals surface area contributed by atoms with Crippen molar-refractivity contribution in [3.63, 3.8) is 0 Å². The van der Waals surface area contributed by atoms with Gasteiger partial charge in [-0.15, -0.1) is 0 Å². The molecule has 0 heterocycles. The van der Waals surface area contributed by atoms with Gasteiger partial charge in [-0.25, -0.2) is 9.59 Å². The molecule has 0 radical (unpaired) electrons. The summed E-state index contributed by atoms with van der Waals surface area (Å²) in [5.41, 5.74) is 3.46. The van der Waals surface area contributed by atoms with Crippen LogP contribution in [-0.2, 0) is 4.74 Å². The fourth-order valence-electron chi connectivity index (χ4n) is 2.36. The summed E-state index contributed by atoms with van der Waals surface area (Å²) < 4.78 is 4.04. The van der Waals surface area contributed by atoms with E-state index in [-0.39, 0.29) is 0 Å². The Morgan fingerprint density at radius 1 is 1.00 bits per heavy atom. The number of alkyl halides is 3. The first-order chi connectivity index (χ1) is 13.0. The van der Waals surface area contributed by atoms with Gasteiger partial charge in [-0.2, -0.15) is 0 Å². The molecular formula is C18H17BrCl3N3O3. The van der Waals surface area contributed by atoms with E-state index in [4.69, 9.17) is 39.5 Å². The third kappa shape index (κ3) is 7.39. The molecule has 2 rings (SSSR count). The fourth-order valence-corrected chi connectivity index (χ4v) is 3.21. The van der Waals surface area contributed by atoms with Crippen molar-refractivity contribution < 1.29 is 14.3 Å². The SMILES string of the molecule is Cc1cc(Br)cc(C)c1NC(=O)Nc1cccc(NC(=O)OCC(Cl)(Cl)Cl)c1. The monoisotopic (exact) mass is 507 g/mol. The molecular weight excluding hydrogens is 492 g/mol. The zero-order chi connectivity index (χ0) is 20.9. The van der Waals surface area contributed by atoms with Gasteiger partial charge in [0.15, 0.2) is 0 Å². The highest BCUT2D eigenvalue weighted by Gasteiger charge is 2.22. The number of aryl methyl sites for hydroxylation is 2. The van der Waals surface area contributed by atoms with Gasteiger partial charge in [0.05, 0.1) is 0 Å². The van der Waals surface area contributed by atoms with Gasteiger partial charge in [-0.1, -0.05) is 56.8 Å². The number of rotatable bonds is 4. The van der Waals surface area contributed by atoms with E-state index in [1.807, 2.05) is 26.0 Å². The fraction of sp³-hybridized carbons (Fsp3) is 0.222. The molecule has 0 atom stereocenters. The molecule has 0 aliphatic rings. The second-order valence-electron chi connectivity index (χ2n) is 5.89. The number of amides is 3. The maximum Gasteiger partial charge on any atom is 0.411 e. The summed E-state index contributed by atoms with van der Waals surface area (Å²) in [6, 6.07) is 9.95. The number of ether oxygens (including phenoxy) is 1. The molecule has 0 aliphatic carbocycles.